The Hall–Kier alpha value is -3.13. The number of anilines is 1. The standard InChI is InChI=1S/C16H9FN2O2/c17-12-5-6-13(11(7-12)9-18)19-16(20)15-8-10-3-1-2-4-14(10)21-15/h1-8H,(H,19,20). The Bertz CT molecular complexity index is 844. The van der Waals surface area contributed by atoms with E-state index in [4.69, 9.17) is 9.68 Å². The van der Waals surface area contributed by atoms with Gasteiger partial charge in [0.25, 0.3) is 5.91 Å². The van der Waals surface area contributed by atoms with Crippen LogP contribution in [0.5, 0.6) is 0 Å². The molecule has 3 rings (SSSR count). The summed E-state index contributed by atoms with van der Waals surface area (Å²) in [7, 11) is 0. The molecule has 2 aromatic carbocycles. The molecule has 4 nitrogen and oxygen atoms in total. The van der Waals surface area contributed by atoms with Crippen LogP contribution in [0.3, 0.4) is 0 Å². The van der Waals surface area contributed by atoms with E-state index in [1.165, 1.54) is 12.1 Å². The lowest BCUT2D eigenvalue weighted by Gasteiger charge is -2.05. The quantitative estimate of drug-likeness (QED) is 0.778. The molecule has 1 amide bonds. The molecule has 0 aliphatic rings. The van der Waals surface area contributed by atoms with E-state index in [9.17, 15) is 9.18 Å². The van der Waals surface area contributed by atoms with Crippen molar-refractivity contribution in [1.82, 2.24) is 0 Å². The molecule has 0 bridgehead atoms. The molecule has 0 saturated carbocycles. The number of amides is 1. The second-order valence-corrected chi connectivity index (χ2v) is 4.40. The highest BCUT2D eigenvalue weighted by Crippen LogP contribution is 2.21. The molecular weight excluding hydrogens is 271 g/mol. The highest BCUT2D eigenvalue weighted by molar-refractivity contribution is 6.05. The van der Waals surface area contributed by atoms with Crippen molar-refractivity contribution in [2.24, 2.45) is 0 Å². The third-order valence-electron chi connectivity index (χ3n) is 3.00. The van der Waals surface area contributed by atoms with E-state index in [-0.39, 0.29) is 17.0 Å². The van der Waals surface area contributed by atoms with Crippen molar-refractivity contribution in [3.63, 3.8) is 0 Å². The number of nitriles is 1. The summed E-state index contributed by atoms with van der Waals surface area (Å²) in [5, 5.41) is 12.3. The summed E-state index contributed by atoms with van der Waals surface area (Å²) in [4.78, 5) is 12.1. The zero-order valence-electron chi connectivity index (χ0n) is 10.8. The Morgan fingerprint density at radius 3 is 2.76 bits per heavy atom. The zero-order valence-corrected chi connectivity index (χ0v) is 10.8. The maximum Gasteiger partial charge on any atom is 0.291 e. The molecule has 0 unspecified atom stereocenters. The number of rotatable bonds is 2. The van der Waals surface area contributed by atoms with Gasteiger partial charge in [-0.1, -0.05) is 18.2 Å². The molecule has 5 heteroatoms. The van der Waals surface area contributed by atoms with E-state index in [0.717, 1.165) is 11.5 Å². The normalized spacial score (nSPS) is 10.3. The number of carbonyl (C=O) groups excluding carboxylic acids is 1. The smallest absolute Gasteiger partial charge is 0.291 e. The fourth-order valence-corrected chi connectivity index (χ4v) is 2.00. The zero-order chi connectivity index (χ0) is 14.8. The lowest BCUT2D eigenvalue weighted by atomic mass is 10.2. The fourth-order valence-electron chi connectivity index (χ4n) is 2.00. The number of halogens is 1. The maximum absolute atomic E-state index is 13.1. The third kappa shape index (κ3) is 2.47. The summed E-state index contributed by atoms with van der Waals surface area (Å²) in [5.41, 5.74) is 0.895. The van der Waals surface area contributed by atoms with Crippen molar-refractivity contribution in [2.75, 3.05) is 5.32 Å². The van der Waals surface area contributed by atoms with Crippen LogP contribution in [0, 0.1) is 17.1 Å². The van der Waals surface area contributed by atoms with Crippen molar-refractivity contribution < 1.29 is 13.6 Å². The largest absolute Gasteiger partial charge is 0.451 e. The minimum Gasteiger partial charge on any atom is -0.451 e. The molecule has 21 heavy (non-hydrogen) atoms. The van der Waals surface area contributed by atoms with E-state index in [2.05, 4.69) is 5.32 Å². The minimum atomic E-state index is -0.534. The van der Waals surface area contributed by atoms with Crippen molar-refractivity contribution in [3.8, 4) is 6.07 Å². The molecule has 1 aromatic heterocycles. The summed E-state index contributed by atoms with van der Waals surface area (Å²) in [6.45, 7) is 0. The van der Waals surface area contributed by atoms with Crippen LogP contribution < -0.4 is 5.32 Å². The second kappa shape index (κ2) is 5.10. The molecule has 0 atom stereocenters. The number of fused-ring (bicyclic) bond motifs is 1. The predicted molar refractivity (Wildman–Crippen MR) is 75.3 cm³/mol. The molecule has 3 aromatic rings. The first-order chi connectivity index (χ1) is 10.2. The van der Waals surface area contributed by atoms with Gasteiger partial charge in [-0.2, -0.15) is 5.26 Å². The third-order valence-corrected chi connectivity index (χ3v) is 3.00. The highest BCUT2D eigenvalue weighted by atomic mass is 19.1. The van der Waals surface area contributed by atoms with Gasteiger partial charge in [0.1, 0.15) is 17.5 Å². The van der Waals surface area contributed by atoms with Gasteiger partial charge in [-0.15, -0.1) is 0 Å². The van der Waals surface area contributed by atoms with Crippen LogP contribution in [-0.2, 0) is 0 Å². The van der Waals surface area contributed by atoms with Gasteiger partial charge in [0.2, 0.25) is 0 Å². The van der Waals surface area contributed by atoms with Gasteiger partial charge in [-0.25, -0.2) is 4.39 Å². The SMILES string of the molecule is N#Cc1cc(F)ccc1NC(=O)c1cc2ccccc2o1. The molecule has 102 valence electrons. The van der Waals surface area contributed by atoms with E-state index in [1.807, 2.05) is 18.2 Å². The van der Waals surface area contributed by atoms with Crippen LogP contribution in [0.1, 0.15) is 16.1 Å². The first-order valence-electron chi connectivity index (χ1n) is 6.17. The van der Waals surface area contributed by atoms with Gasteiger partial charge >= 0.3 is 0 Å². The van der Waals surface area contributed by atoms with Gasteiger partial charge in [-0.3, -0.25) is 4.79 Å². The van der Waals surface area contributed by atoms with Crippen LogP contribution in [0.4, 0.5) is 10.1 Å². The minimum absolute atomic E-state index is 0.0551. The van der Waals surface area contributed by atoms with Crippen molar-refractivity contribution in [2.45, 2.75) is 0 Å². The van der Waals surface area contributed by atoms with Gasteiger partial charge in [0.15, 0.2) is 5.76 Å². The summed E-state index contributed by atoms with van der Waals surface area (Å²) in [6, 6.07) is 14.3. The van der Waals surface area contributed by atoms with Crippen LogP contribution in [0.2, 0.25) is 0 Å². The fraction of sp³-hybridized carbons (Fsp3) is 0. The Balaban J connectivity index is 1.91. The molecule has 1 N–H and O–H groups in total. The number of nitrogens with zero attached hydrogens (tertiary/aromatic N) is 1. The Labute approximate surface area is 119 Å². The monoisotopic (exact) mass is 280 g/mol. The Kier molecular flexibility index (Phi) is 3.13. The van der Waals surface area contributed by atoms with Crippen LogP contribution in [-0.4, -0.2) is 5.91 Å². The molecular formula is C16H9FN2O2. The van der Waals surface area contributed by atoms with Crippen LogP contribution in [0.25, 0.3) is 11.0 Å². The number of hydrogen-bond donors (Lipinski definition) is 1. The van der Waals surface area contributed by atoms with Gasteiger partial charge in [-0.05, 0) is 30.3 Å². The summed E-state index contributed by atoms with van der Waals surface area (Å²) in [5.74, 6) is -0.896. The van der Waals surface area contributed by atoms with Crippen molar-refractivity contribution >= 4 is 22.6 Å². The number of furan rings is 1. The van der Waals surface area contributed by atoms with Crippen LogP contribution in [0.15, 0.2) is 52.9 Å². The van der Waals surface area contributed by atoms with Crippen molar-refractivity contribution in [1.29, 1.82) is 5.26 Å². The number of carbonyl (C=O) groups is 1. The molecule has 0 spiro atoms. The van der Waals surface area contributed by atoms with E-state index < -0.39 is 11.7 Å². The molecule has 1 heterocycles. The first-order valence-corrected chi connectivity index (χ1v) is 6.17. The Morgan fingerprint density at radius 1 is 1.19 bits per heavy atom. The van der Waals surface area contributed by atoms with E-state index in [1.54, 1.807) is 18.2 Å². The van der Waals surface area contributed by atoms with Gasteiger partial charge in [0, 0.05) is 5.39 Å². The maximum atomic E-state index is 13.1. The number of hydrogen-bond acceptors (Lipinski definition) is 3. The molecule has 0 fully saturated rings. The molecule has 0 saturated heterocycles. The van der Waals surface area contributed by atoms with Gasteiger partial charge in [0.05, 0.1) is 11.3 Å². The number of para-hydroxylation sites is 1. The average molecular weight is 280 g/mol. The van der Waals surface area contributed by atoms with Crippen molar-refractivity contribution in [3.05, 3.63) is 65.7 Å². The number of nitrogens with one attached hydrogen (secondary N) is 1. The summed E-state index contributed by atoms with van der Waals surface area (Å²) in [6.07, 6.45) is 0. The average Bonchev–Trinajstić information content (AvgIpc) is 2.93. The predicted octanol–water partition coefficient (Wildman–Crippen LogP) is 3.70. The molecule has 0 radical (unpaired) electrons. The molecule has 0 aliphatic heterocycles. The summed E-state index contributed by atoms with van der Waals surface area (Å²) >= 11 is 0. The van der Waals surface area contributed by atoms with E-state index >= 15 is 0 Å². The molecule has 0 aliphatic carbocycles. The Morgan fingerprint density at radius 2 is 2.00 bits per heavy atom. The lowest BCUT2D eigenvalue weighted by Crippen LogP contribution is -2.12. The first kappa shape index (κ1) is 12.9. The highest BCUT2D eigenvalue weighted by Gasteiger charge is 2.14. The summed E-state index contributed by atoms with van der Waals surface area (Å²) < 4.78 is 18.5. The number of benzene rings is 2. The second-order valence-electron chi connectivity index (χ2n) is 4.40. The van der Waals surface area contributed by atoms with Gasteiger partial charge < -0.3 is 9.73 Å². The topological polar surface area (TPSA) is 66.0 Å². The van der Waals surface area contributed by atoms with Crippen LogP contribution >= 0.6 is 0 Å². The van der Waals surface area contributed by atoms with E-state index in [0.29, 0.717) is 5.58 Å². The lowest BCUT2D eigenvalue weighted by molar-refractivity contribution is 0.0998.